The van der Waals surface area contributed by atoms with Gasteiger partial charge in [0.1, 0.15) is 0 Å². The first-order valence-electron chi connectivity index (χ1n) is 9.32. The second kappa shape index (κ2) is 8.65. The van der Waals surface area contributed by atoms with Crippen LogP contribution in [0.5, 0.6) is 0 Å². The Balaban J connectivity index is 1.59. The van der Waals surface area contributed by atoms with Crippen LogP contribution in [0.3, 0.4) is 0 Å². The Morgan fingerprint density at radius 3 is 2.46 bits per heavy atom. The molecule has 0 fully saturated rings. The number of aryl methyl sites for hydroxylation is 2. The van der Waals surface area contributed by atoms with Crippen molar-refractivity contribution in [2.75, 3.05) is 13.2 Å². The first kappa shape index (κ1) is 19.5. The second-order valence-electron chi connectivity index (χ2n) is 6.91. The summed E-state index contributed by atoms with van der Waals surface area (Å²) in [4.78, 5) is 29.1. The lowest BCUT2D eigenvalue weighted by Crippen LogP contribution is -2.32. The summed E-state index contributed by atoms with van der Waals surface area (Å²) in [7, 11) is 0. The van der Waals surface area contributed by atoms with E-state index in [4.69, 9.17) is 4.74 Å². The standard InChI is InChI=1S/C23H24N2O3/c1-15(18-9-5-4-6-10-18)13-24-21(26)14-28-23(27)22-16(2)19-11-7-8-12-20(19)25-17(22)3/h4-12,15H,13-14H2,1-3H3,(H,24,26)/t15-/m0/s1. The fourth-order valence-electron chi connectivity index (χ4n) is 3.25. The quantitative estimate of drug-likeness (QED) is 0.662. The first-order valence-corrected chi connectivity index (χ1v) is 9.32. The Morgan fingerprint density at radius 1 is 1.04 bits per heavy atom. The monoisotopic (exact) mass is 376 g/mol. The number of hydrogen-bond acceptors (Lipinski definition) is 4. The minimum atomic E-state index is -0.528. The van der Waals surface area contributed by atoms with Crippen molar-refractivity contribution in [3.63, 3.8) is 0 Å². The van der Waals surface area contributed by atoms with Crippen LogP contribution in [0, 0.1) is 13.8 Å². The normalized spacial score (nSPS) is 11.8. The van der Waals surface area contributed by atoms with Gasteiger partial charge in [0.05, 0.1) is 16.8 Å². The number of ether oxygens (including phenoxy) is 1. The van der Waals surface area contributed by atoms with E-state index in [-0.39, 0.29) is 18.4 Å². The lowest BCUT2D eigenvalue weighted by atomic mass is 10.0. The van der Waals surface area contributed by atoms with Crippen LogP contribution in [0.2, 0.25) is 0 Å². The second-order valence-corrected chi connectivity index (χ2v) is 6.91. The SMILES string of the molecule is Cc1nc2ccccc2c(C)c1C(=O)OCC(=O)NC[C@H](C)c1ccccc1. The molecular weight excluding hydrogens is 352 g/mol. The maximum atomic E-state index is 12.6. The van der Waals surface area contributed by atoms with Gasteiger partial charge >= 0.3 is 5.97 Å². The summed E-state index contributed by atoms with van der Waals surface area (Å²) < 4.78 is 5.25. The lowest BCUT2D eigenvalue weighted by Gasteiger charge is -2.14. The fraction of sp³-hybridized carbons (Fsp3) is 0.261. The molecule has 0 saturated heterocycles. The number of fused-ring (bicyclic) bond motifs is 1. The molecule has 0 aliphatic heterocycles. The van der Waals surface area contributed by atoms with E-state index in [9.17, 15) is 9.59 Å². The largest absolute Gasteiger partial charge is 0.452 e. The molecule has 0 spiro atoms. The molecule has 0 aliphatic carbocycles. The van der Waals surface area contributed by atoms with Crippen molar-refractivity contribution < 1.29 is 14.3 Å². The number of nitrogens with zero attached hydrogens (tertiary/aromatic N) is 1. The number of para-hydroxylation sites is 1. The van der Waals surface area contributed by atoms with Crippen molar-refractivity contribution in [2.45, 2.75) is 26.7 Å². The average molecular weight is 376 g/mol. The molecule has 5 nitrogen and oxygen atoms in total. The molecule has 0 bridgehead atoms. The number of amides is 1. The number of carbonyl (C=O) groups is 2. The molecule has 0 saturated carbocycles. The number of benzene rings is 2. The predicted molar refractivity (Wildman–Crippen MR) is 109 cm³/mol. The molecule has 0 aliphatic rings. The van der Waals surface area contributed by atoms with Gasteiger partial charge in [0, 0.05) is 11.9 Å². The number of nitrogens with one attached hydrogen (secondary N) is 1. The number of carbonyl (C=O) groups excluding carboxylic acids is 2. The van der Waals surface area contributed by atoms with Gasteiger partial charge in [0.2, 0.25) is 0 Å². The average Bonchev–Trinajstić information content (AvgIpc) is 2.71. The van der Waals surface area contributed by atoms with Crippen LogP contribution in [-0.2, 0) is 9.53 Å². The van der Waals surface area contributed by atoms with Crippen LogP contribution in [-0.4, -0.2) is 30.0 Å². The molecule has 3 rings (SSSR count). The van der Waals surface area contributed by atoms with Crippen LogP contribution in [0.4, 0.5) is 0 Å². The molecule has 1 N–H and O–H groups in total. The number of esters is 1. The number of pyridine rings is 1. The van der Waals surface area contributed by atoms with Crippen molar-refractivity contribution in [3.8, 4) is 0 Å². The van der Waals surface area contributed by atoms with E-state index in [2.05, 4.69) is 10.3 Å². The van der Waals surface area contributed by atoms with E-state index in [1.807, 2.05) is 68.4 Å². The third kappa shape index (κ3) is 4.36. The van der Waals surface area contributed by atoms with E-state index in [1.165, 1.54) is 0 Å². The molecular formula is C23H24N2O3. The Morgan fingerprint density at radius 2 is 1.71 bits per heavy atom. The van der Waals surface area contributed by atoms with Crippen LogP contribution < -0.4 is 5.32 Å². The summed E-state index contributed by atoms with van der Waals surface area (Å²) in [6.45, 7) is 5.85. The van der Waals surface area contributed by atoms with Crippen molar-refractivity contribution in [1.29, 1.82) is 0 Å². The minimum absolute atomic E-state index is 0.176. The topological polar surface area (TPSA) is 68.3 Å². The lowest BCUT2D eigenvalue weighted by molar-refractivity contribution is -0.124. The summed E-state index contributed by atoms with van der Waals surface area (Å²) in [6.07, 6.45) is 0. The molecule has 0 radical (unpaired) electrons. The molecule has 0 unspecified atom stereocenters. The number of aromatic nitrogens is 1. The van der Waals surface area contributed by atoms with Gasteiger partial charge in [0.15, 0.2) is 6.61 Å². The Bertz CT molecular complexity index is 999. The van der Waals surface area contributed by atoms with E-state index >= 15 is 0 Å². The molecule has 1 atom stereocenters. The smallest absolute Gasteiger partial charge is 0.340 e. The molecule has 2 aromatic carbocycles. The maximum absolute atomic E-state index is 12.6. The van der Waals surface area contributed by atoms with Crippen molar-refractivity contribution in [2.24, 2.45) is 0 Å². The highest BCUT2D eigenvalue weighted by Crippen LogP contribution is 2.23. The van der Waals surface area contributed by atoms with Gasteiger partial charge in [-0.1, -0.05) is 55.5 Å². The Kier molecular flexibility index (Phi) is 6.04. The van der Waals surface area contributed by atoms with Crippen LogP contribution in [0.1, 0.15) is 40.0 Å². The molecule has 1 aromatic heterocycles. The van der Waals surface area contributed by atoms with E-state index in [1.54, 1.807) is 6.92 Å². The molecule has 1 heterocycles. The van der Waals surface area contributed by atoms with Crippen LogP contribution in [0.15, 0.2) is 54.6 Å². The summed E-state index contributed by atoms with van der Waals surface area (Å²) >= 11 is 0. The van der Waals surface area contributed by atoms with Crippen molar-refractivity contribution in [3.05, 3.63) is 77.0 Å². The van der Waals surface area contributed by atoms with Crippen LogP contribution in [0.25, 0.3) is 10.9 Å². The van der Waals surface area contributed by atoms with Gasteiger partial charge in [-0.05, 0) is 37.0 Å². The zero-order chi connectivity index (χ0) is 20.1. The highest BCUT2D eigenvalue weighted by atomic mass is 16.5. The fourth-order valence-corrected chi connectivity index (χ4v) is 3.25. The van der Waals surface area contributed by atoms with Crippen LogP contribution >= 0.6 is 0 Å². The minimum Gasteiger partial charge on any atom is -0.452 e. The Labute approximate surface area is 164 Å². The van der Waals surface area contributed by atoms with Gasteiger partial charge in [-0.25, -0.2) is 4.79 Å². The summed E-state index contributed by atoms with van der Waals surface area (Å²) in [5.74, 6) is -0.672. The first-order chi connectivity index (χ1) is 13.5. The van der Waals surface area contributed by atoms with E-state index < -0.39 is 5.97 Å². The molecule has 1 amide bonds. The number of rotatable bonds is 6. The third-order valence-corrected chi connectivity index (χ3v) is 4.85. The zero-order valence-corrected chi connectivity index (χ0v) is 16.4. The van der Waals surface area contributed by atoms with Gasteiger partial charge < -0.3 is 10.1 Å². The molecule has 144 valence electrons. The summed E-state index contributed by atoms with van der Waals surface area (Å²) in [5.41, 5.74) is 3.81. The molecule has 28 heavy (non-hydrogen) atoms. The highest BCUT2D eigenvalue weighted by molar-refractivity contribution is 5.99. The zero-order valence-electron chi connectivity index (χ0n) is 16.4. The molecule has 5 heteroatoms. The van der Waals surface area contributed by atoms with Gasteiger partial charge in [-0.2, -0.15) is 0 Å². The highest BCUT2D eigenvalue weighted by Gasteiger charge is 2.19. The summed E-state index contributed by atoms with van der Waals surface area (Å²) in [6, 6.07) is 17.6. The third-order valence-electron chi connectivity index (χ3n) is 4.85. The maximum Gasteiger partial charge on any atom is 0.340 e. The van der Waals surface area contributed by atoms with E-state index in [0.29, 0.717) is 17.8 Å². The van der Waals surface area contributed by atoms with Gasteiger partial charge in [-0.3, -0.25) is 9.78 Å². The van der Waals surface area contributed by atoms with Crippen molar-refractivity contribution in [1.82, 2.24) is 10.3 Å². The van der Waals surface area contributed by atoms with Gasteiger partial charge in [0.25, 0.3) is 5.91 Å². The summed E-state index contributed by atoms with van der Waals surface area (Å²) in [5, 5.41) is 3.72. The predicted octanol–water partition coefficient (Wildman–Crippen LogP) is 3.93. The Hall–Kier alpha value is -3.21. The van der Waals surface area contributed by atoms with E-state index in [0.717, 1.165) is 22.0 Å². The molecule has 3 aromatic rings. The number of hydrogen-bond donors (Lipinski definition) is 1. The van der Waals surface area contributed by atoms with Crippen molar-refractivity contribution >= 4 is 22.8 Å². The van der Waals surface area contributed by atoms with Gasteiger partial charge in [-0.15, -0.1) is 0 Å².